The molecule has 0 aliphatic rings. The van der Waals surface area contributed by atoms with Crippen LogP contribution in [0.15, 0.2) is 81.6 Å². The first-order valence-corrected chi connectivity index (χ1v) is 7.19. The number of nitrogens with two attached hydrogens (primary N) is 1. The summed E-state index contributed by atoms with van der Waals surface area (Å²) in [6.45, 7) is 3.87. The summed E-state index contributed by atoms with van der Waals surface area (Å²) in [7, 11) is 0. The minimum Gasteiger partial charge on any atom is -0.382 e. The number of benzene rings is 2. The van der Waals surface area contributed by atoms with Gasteiger partial charge in [-0.25, -0.2) is 0 Å². The molecule has 0 saturated heterocycles. The van der Waals surface area contributed by atoms with Crippen molar-refractivity contribution in [2.24, 2.45) is 21.1 Å². The van der Waals surface area contributed by atoms with E-state index in [4.69, 9.17) is 5.73 Å². The van der Waals surface area contributed by atoms with E-state index in [2.05, 4.69) is 15.4 Å². The van der Waals surface area contributed by atoms with E-state index in [0.717, 1.165) is 16.7 Å². The van der Waals surface area contributed by atoms with Crippen LogP contribution < -0.4 is 5.73 Å². The summed E-state index contributed by atoms with van der Waals surface area (Å²) in [6.07, 6.45) is 1.94. The molecule has 2 rings (SSSR count). The SMILES string of the molecule is C/C=C(C)\C(=N\N=C(N)c1ccccc1)c1ccc(N=O)cc1. The third-order valence-corrected chi connectivity index (χ3v) is 3.38. The van der Waals surface area contributed by atoms with Crippen molar-refractivity contribution in [1.82, 2.24) is 0 Å². The Hall–Kier alpha value is -3.08. The van der Waals surface area contributed by atoms with E-state index in [1.807, 2.05) is 50.3 Å². The lowest BCUT2D eigenvalue weighted by molar-refractivity contribution is 1.21. The van der Waals surface area contributed by atoms with Crippen LogP contribution >= 0.6 is 0 Å². The van der Waals surface area contributed by atoms with Gasteiger partial charge in [0.2, 0.25) is 0 Å². The first-order valence-electron chi connectivity index (χ1n) is 7.19. The van der Waals surface area contributed by atoms with Crippen LogP contribution in [0.3, 0.4) is 0 Å². The molecule has 0 atom stereocenters. The summed E-state index contributed by atoms with van der Waals surface area (Å²) in [4.78, 5) is 10.5. The highest BCUT2D eigenvalue weighted by molar-refractivity contribution is 6.12. The van der Waals surface area contributed by atoms with Crippen LogP contribution in [0.5, 0.6) is 0 Å². The summed E-state index contributed by atoms with van der Waals surface area (Å²) >= 11 is 0. The molecular formula is C18H18N4O. The second kappa shape index (κ2) is 7.79. The monoisotopic (exact) mass is 306 g/mol. The van der Waals surface area contributed by atoms with Crippen molar-refractivity contribution in [2.45, 2.75) is 13.8 Å². The molecule has 0 fully saturated rings. The van der Waals surface area contributed by atoms with Crippen LogP contribution in [0.4, 0.5) is 5.69 Å². The van der Waals surface area contributed by atoms with Crippen LogP contribution in [0.2, 0.25) is 0 Å². The number of hydrogen-bond acceptors (Lipinski definition) is 4. The van der Waals surface area contributed by atoms with E-state index in [1.165, 1.54) is 0 Å². The highest BCUT2D eigenvalue weighted by atomic mass is 16.3. The summed E-state index contributed by atoms with van der Waals surface area (Å²) < 4.78 is 0. The summed E-state index contributed by atoms with van der Waals surface area (Å²) in [6, 6.07) is 16.3. The van der Waals surface area contributed by atoms with E-state index in [1.54, 1.807) is 24.3 Å². The first kappa shape index (κ1) is 16.3. The highest BCUT2D eigenvalue weighted by Crippen LogP contribution is 2.16. The van der Waals surface area contributed by atoms with Crippen LogP contribution in [-0.4, -0.2) is 11.5 Å². The first-order chi connectivity index (χ1) is 11.2. The van der Waals surface area contributed by atoms with Crippen LogP contribution in [-0.2, 0) is 0 Å². The average Bonchev–Trinajstić information content (AvgIpc) is 2.62. The molecule has 0 amide bonds. The van der Waals surface area contributed by atoms with Crippen molar-refractivity contribution < 1.29 is 0 Å². The van der Waals surface area contributed by atoms with Crippen molar-refractivity contribution in [3.8, 4) is 0 Å². The molecule has 0 spiro atoms. The summed E-state index contributed by atoms with van der Waals surface area (Å²) in [5.74, 6) is 0.346. The van der Waals surface area contributed by atoms with Gasteiger partial charge in [0.05, 0.1) is 5.71 Å². The van der Waals surface area contributed by atoms with Crippen molar-refractivity contribution in [3.63, 3.8) is 0 Å². The Morgan fingerprint density at radius 2 is 1.61 bits per heavy atom. The van der Waals surface area contributed by atoms with Gasteiger partial charge in [0, 0.05) is 11.1 Å². The number of amidine groups is 1. The molecule has 116 valence electrons. The standard InChI is InChI=1S/C18H18N4O/c1-3-13(2)17(14-9-11-16(22-23)12-10-14)20-21-18(19)15-7-5-4-6-8-15/h3-12H,1-2H3,(H2,19,21)/b13-3-,20-17-. The number of nitrogens with zero attached hydrogens (tertiary/aromatic N) is 3. The molecule has 0 saturated carbocycles. The maximum absolute atomic E-state index is 10.5. The Kier molecular flexibility index (Phi) is 5.52. The Morgan fingerprint density at radius 1 is 0.957 bits per heavy atom. The molecule has 0 unspecified atom stereocenters. The predicted molar refractivity (Wildman–Crippen MR) is 95.0 cm³/mol. The Bertz CT molecular complexity index is 759. The second-order valence-corrected chi connectivity index (χ2v) is 4.91. The zero-order valence-electron chi connectivity index (χ0n) is 13.1. The fourth-order valence-electron chi connectivity index (χ4n) is 1.95. The van der Waals surface area contributed by atoms with E-state index in [0.29, 0.717) is 17.2 Å². The zero-order chi connectivity index (χ0) is 16.7. The smallest absolute Gasteiger partial charge is 0.153 e. The molecule has 5 nitrogen and oxygen atoms in total. The number of nitroso groups, excluding NO2 is 1. The van der Waals surface area contributed by atoms with Gasteiger partial charge >= 0.3 is 0 Å². The third-order valence-electron chi connectivity index (χ3n) is 3.38. The van der Waals surface area contributed by atoms with Gasteiger partial charge in [-0.3, -0.25) is 0 Å². The molecule has 0 bridgehead atoms. The van der Waals surface area contributed by atoms with Crippen molar-refractivity contribution in [1.29, 1.82) is 0 Å². The topological polar surface area (TPSA) is 80.2 Å². The number of hydrogen-bond donors (Lipinski definition) is 1. The molecule has 5 heteroatoms. The van der Waals surface area contributed by atoms with Crippen molar-refractivity contribution in [3.05, 3.63) is 82.3 Å². The lowest BCUT2D eigenvalue weighted by Crippen LogP contribution is -2.13. The number of rotatable bonds is 5. The zero-order valence-corrected chi connectivity index (χ0v) is 13.1. The summed E-state index contributed by atoms with van der Waals surface area (Å²) in [5.41, 5.74) is 9.67. The van der Waals surface area contributed by atoms with Gasteiger partial charge in [0.25, 0.3) is 0 Å². The molecule has 0 aliphatic carbocycles. The van der Waals surface area contributed by atoms with Crippen LogP contribution in [0, 0.1) is 4.91 Å². The van der Waals surface area contributed by atoms with E-state index < -0.39 is 0 Å². The molecular weight excluding hydrogens is 288 g/mol. The quantitative estimate of drug-likeness (QED) is 0.389. The summed E-state index contributed by atoms with van der Waals surface area (Å²) in [5, 5.41) is 11.3. The van der Waals surface area contributed by atoms with Crippen molar-refractivity contribution in [2.75, 3.05) is 0 Å². The lowest BCUT2D eigenvalue weighted by Gasteiger charge is -2.06. The average molecular weight is 306 g/mol. The lowest BCUT2D eigenvalue weighted by atomic mass is 10.0. The largest absolute Gasteiger partial charge is 0.382 e. The fourth-order valence-corrected chi connectivity index (χ4v) is 1.95. The maximum atomic E-state index is 10.5. The maximum Gasteiger partial charge on any atom is 0.153 e. The minimum absolute atomic E-state index is 0.346. The molecule has 2 N–H and O–H groups in total. The third kappa shape index (κ3) is 4.20. The molecule has 0 aromatic heterocycles. The minimum atomic E-state index is 0.346. The molecule has 23 heavy (non-hydrogen) atoms. The van der Waals surface area contributed by atoms with Crippen LogP contribution in [0.25, 0.3) is 0 Å². The Balaban J connectivity index is 2.40. The van der Waals surface area contributed by atoms with Gasteiger partial charge in [-0.2, -0.15) is 0 Å². The molecule has 2 aromatic rings. The van der Waals surface area contributed by atoms with E-state index >= 15 is 0 Å². The predicted octanol–water partition coefficient (Wildman–Crippen LogP) is 4.16. The van der Waals surface area contributed by atoms with Gasteiger partial charge in [-0.15, -0.1) is 15.1 Å². The fraction of sp³-hybridized carbons (Fsp3) is 0.111. The van der Waals surface area contributed by atoms with Gasteiger partial charge in [0.15, 0.2) is 5.84 Å². The van der Waals surface area contributed by atoms with Gasteiger partial charge in [-0.05, 0) is 36.7 Å². The number of allylic oxidation sites excluding steroid dienone is 2. The molecule has 0 aliphatic heterocycles. The molecule has 0 heterocycles. The van der Waals surface area contributed by atoms with Crippen molar-refractivity contribution >= 4 is 17.2 Å². The second-order valence-electron chi connectivity index (χ2n) is 4.91. The van der Waals surface area contributed by atoms with Gasteiger partial charge in [-0.1, -0.05) is 48.5 Å². The molecule has 0 radical (unpaired) electrons. The normalized spacial score (nSPS) is 13.0. The van der Waals surface area contributed by atoms with E-state index in [9.17, 15) is 4.91 Å². The Labute approximate surface area is 135 Å². The van der Waals surface area contributed by atoms with E-state index in [-0.39, 0.29) is 0 Å². The van der Waals surface area contributed by atoms with Gasteiger partial charge in [0.1, 0.15) is 5.69 Å². The molecule has 2 aromatic carbocycles. The Morgan fingerprint density at radius 3 is 2.17 bits per heavy atom. The highest BCUT2D eigenvalue weighted by Gasteiger charge is 2.06. The van der Waals surface area contributed by atoms with Gasteiger partial charge < -0.3 is 5.73 Å². The van der Waals surface area contributed by atoms with Crippen LogP contribution in [0.1, 0.15) is 25.0 Å².